The molecule has 2 heteroatoms. The van der Waals surface area contributed by atoms with Crippen LogP contribution in [0.15, 0.2) is 34.3 Å². The minimum Gasteiger partial charge on any atom is -0.0929 e. The second kappa shape index (κ2) is 3.79. The molecule has 0 saturated heterocycles. The van der Waals surface area contributed by atoms with E-state index in [2.05, 4.69) is 15.9 Å². The predicted octanol–water partition coefficient (Wildman–Crippen LogP) is 3.66. The third-order valence-electron chi connectivity index (χ3n) is 1.10. The van der Waals surface area contributed by atoms with Gasteiger partial charge >= 0.3 is 0 Å². The molecular formula is C8H6BrCl. The number of rotatable bonds is 1. The molecule has 0 heterocycles. The predicted molar refractivity (Wildman–Crippen MR) is 49.0 cm³/mol. The van der Waals surface area contributed by atoms with Gasteiger partial charge in [0.25, 0.3) is 0 Å². The van der Waals surface area contributed by atoms with E-state index in [9.17, 15) is 0 Å². The van der Waals surface area contributed by atoms with Crippen molar-refractivity contribution < 1.29 is 0 Å². The minimum absolute atomic E-state index is 1.07. The standard InChI is InChI=1S/C8H6BrCl/c9-8-3-1-2-7(6-8)4-5-10/h1-6H/b5-4+. The van der Waals surface area contributed by atoms with E-state index in [1.165, 1.54) is 5.54 Å². The van der Waals surface area contributed by atoms with E-state index in [-0.39, 0.29) is 0 Å². The molecule has 0 bridgehead atoms. The summed E-state index contributed by atoms with van der Waals surface area (Å²) in [7, 11) is 0. The first kappa shape index (κ1) is 7.83. The second-order valence-electron chi connectivity index (χ2n) is 1.85. The molecule has 1 rings (SSSR count). The zero-order valence-electron chi connectivity index (χ0n) is 5.22. The van der Waals surface area contributed by atoms with Crippen molar-refractivity contribution in [1.29, 1.82) is 0 Å². The molecule has 1 aromatic carbocycles. The van der Waals surface area contributed by atoms with Crippen molar-refractivity contribution in [2.24, 2.45) is 0 Å². The Morgan fingerprint density at radius 1 is 1.40 bits per heavy atom. The molecule has 0 aliphatic heterocycles. The quantitative estimate of drug-likeness (QED) is 0.673. The van der Waals surface area contributed by atoms with E-state index in [4.69, 9.17) is 11.6 Å². The fourth-order valence-electron chi connectivity index (χ4n) is 0.683. The van der Waals surface area contributed by atoms with Crippen LogP contribution < -0.4 is 0 Å². The Hall–Kier alpha value is -0.270. The highest BCUT2D eigenvalue weighted by molar-refractivity contribution is 9.10. The first-order valence-electron chi connectivity index (χ1n) is 2.85. The monoisotopic (exact) mass is 216 g/mol. The Bertz CT molecular complexity index is 243. The number of hydrogen-bond donors (Lipinski definition) is 0. The Labute approximate surface area is 73.6 Å². The van der Waals surface area contributed by atoms with Gasteiger partial charge in [0.2, 0.25) is 0 Å². The van der Waals surface area contributed by atoms with Crippen molar-refractivity contribution in [3.63, 3.8) is 0 Å². The molecule has 0 nitrogen and oxygen atoms in total. The van der Waals surface area contributed by atoms with Crippen LogP contribution in [-0.4, -0.2) is 0 Å². The fraction of sp³-hybridized carbons (Fsp3) is 0. The molecule has 0 amide bonds. The summed E-state index contributed by atoms with van der Waals surface area (Å²) in [6.45, 7) is 0. The second-order valence-corrected chi connectivity index (χ2v) is 3.02. The maximum absolute atomic E-state index is 5.39. The maximum atomic E-state index is 5.39. The highest BCUT2D eigenvalue weighted by Crippen LogP contribution is 2.12. The Morgan fingerprint density at radius 2 is 2.20 bits per heavy atom. The van der Waals surface area contributed by atoms with Gasteiger partial charge in [-0.1, -0.05) is 39.7 Å². The Kier molecular flexibility index (Phi) is 2.97. The van der Waals surface area contributed by atoms with E-state index in [0.717, 1.165) is 10.0 Å². The molecule has 10 heavy (non-hydrogen) atoms. The lowest BCUT2D eigenvalue weighted by Gasteiger charge is -1.91. The van der Waals surface area contributed by atoms with Gasteiger partial charge in [-0.05, 0) is 23.8 Å². The van der Waals surface area contributed by atoms with E-state index < -0.39 is 0 Å². The smallest absolute Gasteiger partial charge is 0.0181 e. The first-order chi connectivity index (χ1) is 4.83. The third-order valence-corrected chi connectivity index (χ3v) is 1.72. The van der Waals surface area contributed by atoms with E-state index in [0.29, 0.717) is 0 Å². The largest absolute Gasteiger partial charge is 0.0929 e. The SMILES string of the molecule is Cl/C=C/c1cccc(Br)c1. The lowest BCUT2D eigenvalue weighted by Crippen LogP contribution is -1.68. The Morgan fingerprint density at radius 3 is 2.80 bits per heavy atom. The molecule has 0 unspecified atom stereocenters. The summed E-state index contributed by atoms with van der Waals surface area (Å²) in [5.74, 6) is 0. The average molecular weight is 217 g/mol. The number of benzene rings is 1. The molecule has 0 radical (unpaired) electrons. The molecule has 1 aromatic rings. The van der Waals surface area contributed by atoms with E-state index >= 15 is 0 Å². The van der Waals surface area contributed by atoms with Crippen LogP contribution in [0.1, 0.15) is 5.56 Å². The molecule has 0 N–H and O–H groups in total. The molecule has 0 atom stereocenters. The third kappa shape index (κ3) is 2.16. The molecule has 0 aliphatic carbocycles. The molecule has 52 valence electrons. The minimum atomic E-state index is 1.07. The van der Waals surface area contributed by atoms with Crippen molar-refractivity contribution in [2.45, 2.75) is 0 Å². The van der Waals surface area contributed by atoms with Crippen LogP contribution in [0.2, 0.25) is 0 Å². The summed E-state index contributed by atoms with van der Waals surface area (Å²) in [4.78, 5) is 0. The van der Waals surface area contributed by atoms with Crippen LogP contribution >= 0.6 is 27.5 Å². The Balaban J connectivity index is 2.95. The summed E-state index contributed by atoms with van der Waals surface area (Å²) in [6, 6.07) is 7.93. The van der Waals surface area contributed by atoms with Crippen molar-refractivity contribution in [2.75, 3.05) is 0 Å². The molecule has 0 aliphatic rings. The van der Waals surface area contributed by atoms with Crippen LogP contribution in [0.3, 0.4) is 0 Å². The van der Waals surface area contributed by atoms with Crippen LogP contribution in [0.4, 0.5) is 0 Å². The van der Waals surface area contributed by atoms with Crippen molar-refractivity contribution >= 4 is 33.6 Å². The lowest BCUT2D eigenvalue weighted by atomic mass is 10.2. The summed E-state index contributed by atoms with van der Waals surface area (Å²) in [5, 5.41) is 0. The van der Waals surface area contributed by atoms with Crippen molar-refractivity contribution in [3.8, 4) is 0 Å². The van der Waals surface area contributed by atoms with Gasteiger partial charge in [0, 0.05) is 10.0 Å². The highest BCUT2D eigenvalue weighted by Gasteiger charge is 1.86. The van der Waals surface area contributed by atoms with Gasteiger partial charge in [-0.15, -0.1) is 0 Å². The summed E-state index contributed by atoms with van der Waals surface area (Å²) in [6.07, 6.45) is 1.84. The van der Waals surface area contributed by atoms with Gasteiger partial charge < -0.3 is 0 Å². The zero-order chi connectivity index (χ0) is 7.40. The number of hydrogen-bond acceptors (Lipinski definition) is 0. The van der Waals surface area contributed by atoms with Gasteiger partial charge in [-0.2, -0.15) is 0 Å². The molecule has 0 saturated carbocycles. The van der Waals surface area contributed by atoms with Gasteiger partial charge in [-0.3, -0.25) is 0 Å². The van der Waals surface area contributed by atoms with Crippen LogP contribution in [0, 0.1) is 0 Å². The molecule has 0 fully saturated rings. The highest BCUT2D eigenvalue weighted by atomic mass is 79.9. The maximum Gasteiger partial charge on any atom is 0.0181 e. The van der Waals surface area contributed by atoms with Gasteiger partial charge in [-0.25, -0.2) is 0 Å². The van der Waals surface area contributed by atoms with Crippen molar-refractivity contribution in [3.05, 3.63) is 39.8 Å². The van der Waals surface area contributed by atoms with Gasteiger partial charge in [0.1, 0.15) is 0 Å². The first-order valence-corrected chi connectivity index (χ1v) is 4.08. The fourth-order valence-corrected chi connectivity index (χ4v) is 1.25. The topological polar surface area (TPSA) is 0 Å². The van der Waals surface area contributed by atoms with Crippen LogP contribution in [0.25, 0.3) is 6.08 Å². The van der Waals surface area contributed by atoms with E-state index in [1.54, 1.807) is 0 Å². The van der Waals surface area contributed by atoms with Crippen LogP contribution in [0.5, 0.6) is 0 Å². The van der Waals surface area contributed by atoms with Gasteiger partial charge in [0.15, 0.2) is 0 Å². The summed E-state index contributed by atoms with van der Waals surface area (Å²) < 4.78 is 1.07. The van der Waals surface area contributed by atoms with Crippen molar-refractivity contribution in [1.82, 2.24) is 0 Å². The number of halogens is 2. The van der Waals surface area contributed by atoms with E-state index in [1.807, 2.05) is 30.3 Å². The van der Waals surface area contributed by atoms with Gasteiger partial charge in [0.05, 0.1) is 0 Å². The molecular weight excluding hydrogens is 211 g/mol. The summed E-state index contributed by atoms with van der Waals surface area (Å²) in [5.41, 5.74) is 2.60. The summed E-state index contributed by atoms with van der Waals surface area (Å²) >= 11 is 8.75. The van der Waals surface area contributed by atoms with Crippen LogP contribution in [-0.2, 0) is 0 Å². The lowest BCUT2D eigenvalue weighted by molar-refractivity contribution is 1.61. The average Bonchev–Trinajstić information content (AvgIpc) is 1.88. The zero-order valence-corrected chi connectivity index (χ0v) is 7.56. The molecule has 0 aromatic heterocycles. The molecule has 0 spiro atoms. The normalized spacial score (nSPS) is 10.6.